The van der Waals surface area contributed by atoms with E-state index in [-0.39, 0.29) is 0 Å². The van der Waals surface area contributed by atoms with Crippen LogP contribution in [0.3, 0.4) is 0 Å². The van der Waals surface area contributed by atoms with Crippen molar-refractivity contribution >= 4 is 0 Å². The topological polar surface area (TPSA) is 27.0 Å². The minimum atomic E-state index is 0.404. The van der Waals surface area contributed by atoms with E-state index in [9.17, 15) is 0 Å². The lowest BCUT2D eigenvalue weighted by Crippen LogP contribution is -2.24. The van der Waals surface area contributed by atoms with Gasteiger partial charge in [0.2, 0.25) is 0 Å². The summed E-state index contributed by atoms with van der Waals surface area (Å²) in [7, 11) is 2.07. The third-order valence-electron chi connectivity index (χ3n) is 1.85. The maximum atomic E-state index is 8.37. The van der Waals surface area contributed by atoms with Crippen LogP contribution in [0.4, 0.5) is 0 Å². The van der Waals surface area contributed by atoms with E-state index >= 15 is 0 Å². The summed E-state index contributed by atoms with van der Waals surface area (Å²) >= 11 is 0. The fourth-order valence-corrected chi connectivity index (χ4v) is 0.879. The first kappa shape index (κ1) is 11.4. The molecule has 0 aromatic heterocycles. The van der Waals surface area contributed by atoms with Crippen LogP contribution in [0.5, 0.6) is 0 Å². The van der Waals surface area contributed by atoms with Gasteiger partial charge < -0.3 is 4.90 Å². The van der Waals surface area contributed by atoms with Crippen molar-refractivity contribution in [3.63, 3.8) is 0 Å². The van der Waals surface area contributed by atoms with Crippen molar-refractivity contribution in [2.24, 2.45) is 5.41 Å². The normalized spacial score (nSPS) is 11.7. The van der Waals surface area contributed by atoms with Gasteiger partial charge in [-0.15, -0.1) is 0 Å². The van der Waals surface area contributed by atoms with Crippen molar-refractivity contribution in [1.29, 1.82) is 5.26 Å². The van der Waals surface area contributed by atoms with Gasteiger partial charge in [-0.1, -0.05) is 20.8 Å². The summed E-state index contributed by atoms with van der Waals surface area (Å²) in [4.78, 5) is 2.22. The molecule has 2 heteroatoms. The predicted molar refractivity (Wildman–Crippen MR) is 51.8 cm³/mol. The summed E-state index contributed by atoms with van der Waals surface area (Å²) in [6.07, 6.45) is 1.83. The number of hydrogen-bond donors (Lipinski definition) is 0. The summed E-state index contributed by atoms with van der Waals surface area (Å²) in [6, 6.07) is 2.15. The van der Waals surface area contributed by atoms with E-state index in [1.54, 1.807) is 0 Å². The zero-order chi connectivity index (χ0) is 9.61. The van der Waals surface area contributed by atoms with Crippen molar-refractivity contribution in [3.05, 3.63) is 0 Å². The van der Waals surface area contributed by atoms with Crippen LogP contribution in [-0.2, 0) is 0 Å². The number of nitriles is 1. The van der Waals surface area contributed by atoms with Crippen LogP contribution in [0.2, 0.25) is 0 Å². The molecule has 0 aliphatic carbocycles. The van der Waals surface area contributed by atoms with Gasteiger partial charge in [0.25, 0.3) is 0 Å². The number of rotatable bonds is 4. The molecule has 0 saturated heterocycles. The van der Waals surface area contributed by atoms with Crippen LogP contribution in [0, 0.1) is 16.7 Å². The predicted octanol–water partition coefficient (Wildman–Crippen LogP) is 2.27. The molecule has 0 atom stereocenters. The van der Waals surface area contributed by atoms with Crippen LogP contribution >= 0.6 is 0 Å². The lowest BCUT2D eigenvalue weighted by atomic mass is 9.92. The van der Waals surface area contributed by atoms with E-state index in [2.05, 4.69) is 38.8 Å². The molecule has 0 aromatic rings. The summed E-state index contributed by atoms with van der Waals surface area (Å²) < 4.78 is 0. The molecule has 2 nitrogen and oxygen atoms in total. The SMILES string of the molecule is CN(CCC#N)CCC(C)(C)C. The smallest absolute Gasteiger partial charge is 0.0635 e. The number of nitrogens with zero attached hydrogens (tertiary/aromatic N) is 2. The Balaban J connectivity index is 3.45. The monoisotopic (exact) mass is 168 g/mol. The molecule has 0 radical (unpaired) electrons. The molecule has 0 heterocycles. The highest BCUT2D eigenvalue weighted by Gasteiger charge is 2.10. The van der Waals surface area contributed by atoms with Crippen LogP contribution < -0.4 is 0 Å². The second-order valence-corrected chi connectivity index (χ2v) is 4.52. The highest BCUT2D eigenvalue weighted by atomic mass is 15.1. The molecule has 0 N–H and O–H groups in total. The largest absolute Gasteiger partial charge is 0.305 e. The Hall–Kier alpha value is -0.550. The molecule has 0 rings (SSSR count). The average Bonchev–Trinajstić information content (AvgIpc) is 1.95. The molecule has 0 bridgehead atoms. The van der Waals surface area contributed by atoms with Gasteiger partial charge in [0, 0.05) is 13.0 Å². The van der Waals surface area contributed by atoms with E-state index in [1.807, 2.05) is 0 Å². The van der Waals surface area contributed by atoms with Gasteiger partial charge in [0.15, 0.2) is 0 Å². The van der Waals surface area contributed by atoms with Gasteiger partial charge in [0.1, 0.15) is 0 Å². The summed E-state index contributed by atoms with van der Waals surface area (Å²) in [6.45, 7) is 8.71. The summed E-state index contributed by atoms with van der Waals surface area (Å²) in [5.74, 6) is 0. The van der Waals surface area contributed by atoms with Crippen LogP contribution in [0.15, 0.2) is 0 Å². The lowest BCUT2D eigenvalue weighted by molar-refractivity contribution is 0.268. The fourth-order valence-electron chi connectivity index (χ4n) is 0.879. The third-order valence-corrected chi connectivity index (χ3v) is 1.85. The molecular weight excluding hydrogens is 148 g/mol. The van der Waals surface area contributed by atoms with Gasteiger partial charge in [0.05, 0.1) is 6.07 Å². The van der Waals surface area contributed by atoms with Crippen molar-refractivity contribution in [2.75, 3.05) is 20.1 Å². The maximum absolute atomic E-state index is 8.37. The summed E-state index contributed by atoms with van der Waals surface area (Å²) in [5.41, 5.74) is 0.404. The van der Waals surface area contributed by atoms with Crippen molar-refractivity contribution in [2.45, 2.75) is 33.6 Å². The molecule has 0 amide bonds. The average molecular weight is 168 g/mol. The first-order valence-corrected chi connectivity index (χ1v) is 4.51. The quantitative estimate of drug-likeness (QED) is 0.644. The minimum Gasteiger partial charge on any atom is -0.305 e. The maximum Gasteiger partial charge on any atom is 0.0635 e. The van der Waals surface area contributed by atoms with Crippen LogP contribution in [-0.4, -0.2) is 25.0 Å². The molecular formula is C10H20N2. The van der Waals surface area contributed by atoms with Gasteiger partial charge in [-0.2, -0.15) is 5.26 Å². The Labute approximate surface area is 76.2 Å². The Kier molecular flexibility index (Phi) is 4.92. The number of hydrogen-bond acceptors (Lipinski definition) is 2. The Morgan fingerprint density at radius 2 is 1.83 bits per heavy atom. The Morgan fingerprint density at radius 3 is 2.25 bits per heavy atom. The first-order valence-electron chi connectivity index (χ1n) is 4.51. The first-order chi connectivity index (χ1) is 5.45. The van der Waals surface area contributed by atoms with E-state index in [1.165, 1.54) is 6.42 Å². The van der Waals surface area contributed by atoms with Crippen molar-refractivity contribution in [3.8, 4) is 6.07 Å². The molecule has 0 aromatic carbocycles. The van der Waals surface area contributed by atoms with Crippen molar-refractivity contribution < 1.29 is 0 Å². The second-order valence-electron chi connectivity index (χ2n) is 4.52. The standard InChI is InChI=1S/C10H20N2/c1-10(2,3)6-9-12(4)8-5-7-11/h5-6,8-9H2,1-4H3. The van der Waals surface area contributed by atoms with E-state index in [0.717, 1.165) is 13.1 Å². The molecule has 0 saturated carbocycles. The summed E-state index contributed by atoms with van der Waals surface area (Å²) in [5, 5.41) is 8.37. The minimum absolute atomic E-state index is 0.404. The van der Waals surface area contributed by atoms with Gasteiger partial charge in [-0.05, 0) is 25.4 Å². The Bertz CT molecular complexity index is 150. The van der Waals surface area contributed by atoms with E-state index in [4.69, 9.17) is 5.26 Å². The molecule has 12 heavy (non-hydrogen) atoms. The molecule has 0 aliphatic heterocycles. The highest BCUT2D eigenvalue weighted by Crippen LogP contribution is 2.18. The lowest BCUT2D eigenvalue weighted by Gasteiger charge is -2.22. The van der Waals surface area contributed by atoms with Gasteiger partial charge in [-0.25, -0.2) is 0 Å². The third kappa shape index (κ3) is 7.56. The van der Waals surface area contributed by atoms with Crippen molar-refractivity contribution in [1.82, 2.24) is 4.90 Å². The van der Waals surface area contributed by atoms with E-state index < -0.39 is 0 Å². The zero-order valence-electron chi connectivity index (χ0n) is 8.72. The molecule has 0 unspecified atom stereocenters. The highest BCUT2D eigenvalue weighted by molar-refractivity contribution is 4.72. The molecule has 0 spiro atoms. The van der Waals surface area contributed by atoms with E-state index in [0.29, 0.717) is 11.8 Å². The molecule has 70 valence electrons. The van der Waals surface area contributed by atoms with Gasteiger partial charge in [-0.3, -0.25) is 0 Å². The fraction of sp³-hybridized carbons (Fsp3) is 0.900. The Morgan fingerprint density at radius 1 is 1.25 bits per heavy atom. The van der Waals surface area contributed by atoms with Crippen LogP contribution in [0.1, 0.15) is 33.6 Å². The van der Waals surface area contributed by atoms with Crippen LogP contribution in [0.25, 0.3) is 0 Å². The second kappa shape index (κ2) is 5.16. The molecule has 0 aliphatic rings. The molecule has 0 fully saturated rings. The zero-order valence-corrected chi connectivity index (χ0v) is 8.72. The van der Waals surface area contributed by atoms with Gasteiger partial charge >= 0.3 is 0 Å².